The van der Waals surface area contributed by atoms with Gasteiger partial charge < -0.3 is 10.4 Å². The number of nitrogens with zero attached hydrogens (tertiary/aromatic N) is 1. The summed E-state index contributed by atoms with van der Waals surface area (Å²) < 4.78 is 0. The number of hydrogen-bond donors (Lipinski definition) is 2. The maximum Gasteiger partial charge on any atom is 0.354 e. The summed E-state index contributed by atoms with van der Waals surface area (Å²) in [5, 5.41) is 11.6. The van der Waals surface area contributed by atoms with Gasteiger partial charge in [-0.2, -0.15) is 0 Å². The lowest BCUT2D eigenvalue weighted by atomic mass is 10.1. The number of carboxylic acid groups (broad SMARTS) is 1. The Bertz CT molecular complexity index is 486. The van der Waals surface area contributed by atoms with Gasteiger partial charge in [-0.05, 0) is 18.6 Å². The normalized spacial score (nSPS) is 10.5. The highest BCUT2D eigenvalue weighted by atomic mass is 16.4. The van der Waals surface area contributed by atoms with E-state index in [-0.39, 0.29) is 11.6 Å². The third-order valence-electron chi connectivity index (χ3n) is 4.06. The maximum absolute atomic E-state index is 11.9. The number of unbranched alkanes of at least 4 members (excludes halogenated alkanes) is 9. The van der Waals surface area contributed by atoms with Crippen molar-refractivity contribution in [3.8, 4) is 0 Å². The van der Waals surface area contributed by atoms with Gasteiger partial charge in [0.25, 0.3) is 5.91 Å². The molecule has 5 heteroatoms. The average Bonchev–Trinajstić information content (AvgIpc) is 2.59. The lowest BCUT2D eigenvalue weighted by Crippen LogP contribution is -2.24. The summed E-state index contributed by atoms with van der Waals surface area (Å²) in [7, 11) is 0. The molecule has 1 aromatic rings. The van der Waals surface area contributed by atoms with Crippen LogP contribution in [0.4, 0.5) is 0 Å². The summed E-state index contributed by atoms with van der Waals surface area (Å²) in [5.74, 6) is -1.29. The number of carbonyl (C=O) groups is 2. The fourth-order valence-electron chi connectivity index (χ4n) is 2.57. The fraction of sp³-hybridized carbons (Fsp3) is 0.632. The zero-order chi connectivity index (χ0) is 17.6. The third kappa shape index (κ3) is 8.65. The van der Waals surface area contributed by atoms with E-state index in [1.54, 1.807) is 0 Å². The molecule has 24 heavy (non-hydrogen) atoms. The highest BCUT2D eigenvalue weighted by Gasteiger charge is 2.08. The number of carboxylic acids is 1. The SMILES string of the molecule is CCCCCCCCCCCCNC(=O)c1ccc(C(=O)O)nc1. The quantitative estimate of drug-likeness (QED) is 0.523. The molecule has 0 spiro atoms. The molecule has 0 radical (unpaired) electrons. The summed E-state index contributed by atoms with van der Waals surface area (Å²) in [6.45, 7) is 2.89. The van der Waals surface area contributed by atoms with Crippen LogP contribution in [0.25, 0.3) is 0 Å². The minimum absolute atomic E-state index is 0.0544. The molecular formula is C19H30N2O3. The van der Waals surface area contributed by atoms with E-state index in [9.17, 15) is 9.59 Å². The largest absolute Gasteiger partial charge is 0.477 e. The van der Waals surface area contributed by atoms with Gasteiger partial charge in [0.1, 0.15) is 5.69 Å². The number of carbonyl (C=O) groups excluding carboxylic acids is 1. The first-order valence-electron chi connectivity index (χ1n) is 9.12. The molecule has 0 aliphatic carbocycles. The Labute approximate surface area is 144 Å². The van der Waals surface area contributed by atoms with Crippen molar-refractivity contribution < 1.29 is 14.7 Å². The maximum atomic E-state index is 11.9. The van der Waals surface area contributed by atoms with Crippen molar-refractivity contribution in [1.29, 1.82) is 0 Å². The lowest BCUT2D eigenvalue weighted by Gasteiger charge is -2.05. The topological polar surface area (TPSA) is 79.3 Å². The van der Waals surface area contributed by atoms with Crippen LogP contribution in [0.1, 0.15) is 92.0 Å². The van der Waals surface area contributed by atoms with Gasteiger partial charge in [0, 0.05) is 12.7 Å². The Kier molecular flexibility index (Phi) is 10.5. The Balaban J connectivity index is 2.02. The number of hydrogen-bond acceptors (Lipinski definition) is 3. The van der Waals surface area contributed by atoms with Crippen LogP contribution in [0, 0.1) is 0 Å². The van der Waals surface area contributed by atoms with E-state index in [4.69, 9.17) is 5.11 Å². The van der Waals surface area contributed by atoms with Crippen LogP contribution in [0.2, 0.25) is 0 Å². The summed E-state index contributed by atoms with van der Waals surface area (Å²) in [6, 6.07) is 2.84. The van der Waals surface area contributed by atoms with Crippen molar-refractivity contribution in [3.63, 3.8) is 0 Å². The Morgan fingerprint density at radius 3 is 2.04 bits per heavy atom. The summed E-state index contributed by atoms with van der Waals surface area (Å²) in [5.41, 5.74) is 0.341. The second-order valence-electron chi connectivity index (χ2n) is 6.18. The Morgan fingerprint density at radius 1 is 0.958 bits per heavy atom. The second kappa shape index (κ2) is 12.5. The highest BCUT2D eigenvalue weighted by Crippen LogP contribution is 2.10. The molecule has 2 N–H and O–H groups in total. The summed E-state index contributed by atoms with van der Waals surface area (Å²) in [4.78, 5) is 26.3. The van der Waals surface area contributed by atoms with Crippen LogP contribution in [-0.4, -0.2) is 28.5 Å². The summed E-state index contributed by atoms with van der Waals surface area (Å²) in [6.07, 6.45) is 13.9. The summed E-state index contributed by atoms with van der Waals surface area (Å²) >= 11 is 0. The Morgan fingerprint density at radius 2 is 1.54 bits per heavy atom. The molecule has 1 aromatic heterocycles. The standard InChI is InChI=1S/C19H30N2O3/c1-2-3-4-5-6-7-8-9-10-11-14-20-18(22)16-12-13-17(19(23)24)21-15-16/h12-13,15H,2-11,14H2,1H3,(H,20,22)(H,23,24). The molecule has 5 nitrogen and oxygen atoms in total. The minimum atomic E-state index is -1.09. The Hall–Kier alpha value is -1.91. The monoisotopic (exact) mass is 334 g/mol. The number of aromatic nitrogens is 1. The second-order valence-corrected chi connectivity index (χ2v) is 6.18. The van der Waals surface area contributed by atoms with Crippen LogP contribution in [0.5, 0.6) is 0 Å². The predicted molar refractivity (Wildman–Crippen MR) is 95.4 cm³/mol. The van der Waals surface area contributed by atoms with Crippen molar-refractivity contribution in [2.75, 3.05) is 6.54 Å². The molecule has 134 valence electrons. The van der Waals surface area contributed by atoms with E-state index < -0.39 is 5.97 Å². The van der Waals surface area contributed by atoms with Gasteiger partial charge in [0.2, 0.25) is 0 Å². The van der Waals surface area contributed by atoms with Crippen LogP contribution < -0.4 is 5.32 Å². The van der Waals surface area contributed by atoms with Crippen LogP contribution in [0.15, 0.2) is 18.3 Å². The molecule has 0 saturated heterocycles. The molecule has 0 unspecified atom stereocenters. The van der Waals surface area contributed by atoms with E-state index >= 15 is 0 Å². The molecule has 1 heterocycles. The van der Waals surface area contributed by atoms with Crippen molar-refractivity contribution >= 4 is 11.9 Å². The first-order valence-corrected chi connectivity index (χ1v) is 9.12. The number of nitrogens with one attached hydrogen (secondary N) is 1. The van der Waals surface area contributed by atoms with Crippen LogP contribution in [-0.2, 0) is 0 Å². The number of rotatable bonds is 13. The molecule has 0 atom stereocenters. The van der Waals surface area contributed by atoms with Crippen molar-refractivity contribution in [2.24, 2.45) is 0 Å². The molecule has 0 aromatic carbocycles. The van der Waals surface area contributed by atoms with Gasteiger partial charge in [0.05, 0.1) is 5.56 Å². The van der Waals surface area contributed by atoms with Crippen molar-refractivity contribution in [3.05, 3.63) is 29.6 Å². The first-order chi connectivity index (χ1) is 11.6. The van der Waals surface area contributed by atoms with Gasteiger partial charge in [-0.3, -0.25) is 4.79 Å². The first kappa shape index (κ1) is 20.1. The van der Waals surface area contributed by atoms with Gasteiger partial charge >= 0.3 is 5.97 Å². The van der Waals surface area contributed by atoms with E-state index in [2.05, 4.69) is 17.2 Å². The zero-order valence-electron chi connectivity index (χ0n) is 14.7. The third-order valence-corrected chi connectivity index (χ3v) is 4.06. The number of amides is 1. The average molecular weight is 334 g/mol. The van der Waals surface area contributed by atoms with E-state index in [0.717, 1.165) is 12.8 Å². The molecule has 0 aliphatic rings. The number of aromatic carboxylic acids is 1. The molecule has 1 rings (SSSR count). The van der Waals surface area contributed by atoms with Gasteiger partial charge in [-0.1, -0.05) is 64.7 Å². The molecule has 1 amide bonds. The van der Waals surface area contributed by atoms with Gasteiger partial charge in [0.15, 0.2) is 0 Å². The van der Waals surface area contributed by atoms with Crippen LogP contribution in [0.3, 0.4) is 0 Å². The molecule has 0 saturated carbocycles. The van der Waals surface area contributed by atoms with Crippen molar-refractivity contribution in [2.45, 2.75) is 71.1 Å². The van der Waals surface area contributed by atoms with Crippen LogP contribution >= 0.6 is 0 Å². The van der Waals surface area contributed by atoms with E-state index in [1.165, 1.54) is 69.7 Å². The fourth-order valence-corrected chi connectivity index (χ4v) is 2.57. The van der Waals surface area contributed by atoms with E-state index in [1.807, 2.05) is 0 Å². The molecule has 0 fully saturated rings. The molecule has 0 aliphatic heterocycles. The number of pyridine rings is 1. The van der Waals surface area contributed by atoms with Gasteiger partial charge in [-0.15, -0.1) is 0 Å². The lowest BCUT2D eigenvalue weighted by molar-refractivity contribution is 0.0689. The highest BCUT2D eigenvalue weighted by molar-refractivity contribution is 5.94. The van der Waals surface area contributed by atoms with Crippen molar-refractivity contribution in [1.82, 2.24) is 10.3 Å². The predicted octanol–water partition coefficient (Wildman–Crippen LogP) is 4.43. The minimum Gasteiger partial charge on any atom is -0.477 e. The zero-order valence-corrected chi connectivity index (χ0v) is 14.7. The van der Waals surface area contributed by atoms with E-state index in [0.29, 0.717) is 12.1 Å². The molecular weight excluding hydrogens is 304 g/mol. The van der Waals surface area contributed by atoms with Gasteiger partial charge in [-0.25, -0.2) is 9.78 Å². The molecule has 0 bridgehead atoms. The smallest absolute Gasteiger partial charge is 0.354 e.